The van der Waals surface area contributed by atoms with E-state index in [1.807, 2.05) is 0 Å². The normalized spacial score (nSPS) is 24.8. The van der Waals surface area contributed by atoms with Crippen molar-refractivity contribution in [2.45, 2.75) is 25.4 Å². The molecule has 1 atom stereocenters. The summed E-state index contributed by atoms with van der Waals surface area (Å²) >= 11 is 3.24. The largest absolute Gasteiger partial charge is 0.392 e. The molecule has 1 unspecified atom stereocenters. The molecule has 1 rings (SSSR count). The summed E-state index contributed by atoms with van der Waals surface area (Å²) in [6.45, 7) is 0. The summed E-state index contributed by atoms with van der Waals surface area (Å²) in [4.78, 5) is 0. The van der Waals surface area contributed by atoms with Crippen LogP contribution in [0.15, 0.2) is 0 Å². The highest BCUT2D eigenvalue weighted by atomic mass is 79.9. The zero-order valence-corrected chi connectivity index (χ0v) is 6.39. The molecule has 0 aromatic rings. The van der Waals surface area contributed by atoms with Crippen molar-refractivity contribution in [1.29, 1.82) is 0 Å². The Kier molecular flexibility index (Phi) is 2.32. The Balaban J connectivity index is 2.13. The number of aliphatic hydroxyl groups excluding tert-OH is 1. The maximum atomic E-state index is 9.13. The van der Waals surface area contributed by atoms with Gasteiger partial charge in [-0.15, -0.1) is 0 Å². The average Bonchev–Trinajstić information content (AvgIpc) is 1.62. The van der Waals surface area contributed by atoms with Crippen molar-refractivity contribution in [3.8, 4) is 0 Å². The number of alkyl halides is 1. The van der Waals surface area contributed by atoms with Gasteiger partial charge in [0.05, 0.1) is 6.10 Å². The number of aliphatic hydroxyl groups is 1. The van der Waals surface area contributed by atoms with E-state index < -0.39 is 0 Å². The zero-order chi connectivity index (χ0) is 5.98. The summed E-state index contributed by atoms with van der Waals surface area (Å²) < 4.78 is 0. The van der Waals surface area contributed by atoms with Gasteiger partial charge in [-0.3, -0.25) is 0 Å². The Bertz CT molecular complexity index is 68.2. The van der Waals surface area contributed by atoms with E-state index in [1.165, 1.54) is 19.3 Å². The molecule has 0 aromatic heterocycles. The molecule has 8 heavy (non-hydrogen) atoms. The van der Waals surface area contributed by atoms with E-state index in [-0.39, 0.29) is 6.10 Å². The molecule has 2 heteroatoms. The zero-order valence-electron chi connectivity index (χ0n) is 4.81. The predicted molar refractivity (Wildman–Crippen MR) is 37.1 cm³/mol. The topological polar surface area (TPSA) is 20.2 Å². The van der Waals surface area contributed by atoms with E-state index in [2.05, 4.69) is 15.9 Å². The van der Waals surface area contributed by atoms with Gasteiger partial charge in [0, 0.05) is 5.33 Å². The molecule has 0 aromatic carbocycles. The second kappa shape index (κ2) is 2.83. The smallest absolute Gasteiger partial charge is 0.0665 e. The molecule has 0 bridgehead atoms. The van der Waals surface area contributed by atoms with Crippen LogP contribution in [0.4, 0.5) is 0 Å². The van der Waals surface area contributed by atoms with Crippen molar-refractivity contribution < 1.29 is 5.11 Å². The van der Waals surface area contributed by atoms with Crippen LogP contribution in [0.2, 0.25) is 0 Å². The van der Waals surface area contributed by atoms with Crippen LogP contribution in [0.3, 0.4) is 0 Å². The Morgan fingerprint density at radius 2 is 2.25 bits per heavy atom. The Labute approximate surface area is 58.2 Å². The van der Waals surface area contributed by atoms with Crippen LogP contribution in [0.5, 0.6) is 0 Å². The van der Waals surface area contributed by atoms with Crippen LogP contribution in [-0.4, -0.2) is 16.5 Å². The molecule has 0 amide bonds. The summed E-state index contributed by atoms with van der Waals surface area (Å²) in [6.07, 6.45) is 3.69. The molecule has 1 saturated carbocycles. The van der Waals surface area contributed by atoms with E-state index in [1.54, 1.807) is 0 Å². The number of hydrogen-bond donors (Lipinski definition) is 1. The molecule has 0 heterocycles. The predicted octanol–water partition coefficient (Wildman–Crippen LogP) is 1.54. The van der Waals surface area contributed by atoms with Gasteiger partial charge in [-0.25, -0.2) is 0 Å². The fourth-order valence-electron chi connectivity index (χ4n) is 0.951. The first-order chi connectivity index (χ1) is 3.84. The van der Waals surface area contributed by atoms with Gasteiger partial charge in [-0.2, -0.15) is 0 Å². The molecule has 1 fully saturated rings. The third kappa shape index (κ3) is 1.23. The standard InChI is InChI=1S/C6H11BrO/c7-4-6(8)5-2-1-3-5/h5-6,8H,1-4H2. The number of rotatable bonds is 2. The molecule has 1 aliphatic carbocycles. The fourth-order valence-corrected chi connectivity index (χ4v) is 1.48. The Hall–Kier alpha value is 0.440. The van der Waals surface area contributed by atoms with Crippen LogP contribution in [-0.2, 0) is 0 Å². The van der Waals surface area contributed by atoms with E-state index >= 15 is 0 Å². The van der Waals surface area contributed by atoms with E-state index in [4.69, 9.17) is 5.11 Å². The lowest BCUT2D eigenvalue weighted by Crippen LogP contribution is -2.27. The van der Waals surface area contributed by atoms with Crippen molar-refractivity contribution in [2.75, 3.05) is 5.33 Å². The highest BCUT2D eigenvalue weighted by Gasteiger charge is 2.23. The first-order valence-electron chi connectivity index (χ1n) is 3.08. The maximum absolute atomic E-state index is 9.13. The summed E-state index contributed by atoms with van der Waals surface area (Å²) in [7, 11) is 0. The third-order valence-electron chi connectivity index (χ3n) is 1.85. The maximum Gasteiger partial charge on any atom is 0.0665 e. The minimum Gasteiger partial charge on any atom is -0.392 e. The number of hydrogen-bond acceptors (Lipinski definition) is 1. The minimum absolute atomic E-state index is 0.0799. The van der Waals surface area contributed by atoms with Crippen LogP contribution < -0.4 is 0 Å². The van der Waals surface area contributed by atoms with Gasteiger partial charge >= 0.3 is 0 Å². The molecule has 1 nitrogen and oxygen atoms in total. The van der Waals surface area contributed by atoms with Gasteiger partial charge in [0.1, 0.15) is 0 Å². The Morgan fingerprint density at radius 1 is 1.62 bits per heavy atom. The minimum atomic E-state index is -0.0799. The molecule has 48 valence electrons. The highest BCUT2D eigenvalue weighted by molar-refractivity contribution is 9.09. The molecule has 1 aliphatic rings. The van der Waals surface area contributed by atoms with Crippen LogP contribution in [0, 0.1) is 5.92 Å². The van der Waals surface area contributed by atoms with Crippen molar-refractivity contribution in [2.24, 2.45) is 5.92 Å². The number of halogens is 1. The van der Waals surface area contributed by atoms with Gasteiger partial charge in [-0.1, -0.05) is 22.4 Å². The molecule has 1 N–H and O–H groups in total. The van der Waals surface area contributed by atoms with Crippen molar-refractivity contribution in [3.63, 3.8) is 0 Å². The van der Waals surface area contributed by atoms with Gasteiger partial charge in [-0.05, 0) is 18.8 Å². The molecule has 0 radical (unpaired) electrons. The SMILES string of the molecule is OC(CBr)C1CCC1. The van der Waals surface area contributed by atoms with E-state index in [9.17, 15) is 0 Å². The first-order valence-corrected chi connectivity index (χ1v) is 4.21. The van der Waals surface area contributed by atoms with Crippen LogP contribution >= 0.6 is 15.9 Å². The van der Waals surface area contributed by atoms with E-state index in [0.717, 1.165) is 5.33 Å². The second-order valence-electron chi connectivity index (χ2n) is 2.41. The highest BCUT2D eigenvalue weighted by Crippen LogP contribution is 2.29. The quantitative estimate of drug-likeness (QED) is 0.637. The van der Waals surface area contributed by atoms with Gasteiger partial charge in [0.25, 0.3) is 0 Å². The average molecular weight is 179 g/mol. The first kappa shape index (κ1) is 6.56. The summed E-state index contributed by atoms with van der Waals surface area (Å²) in [5.41, 5.74) is 0. The van der Waals surface area contributed by atoms with Crippen molar-refractivity contribution >= 4 is 15.9 Å². The summed E-state index contributed by atoms with van der Waals surface area (Å²) in [5.74, 6) is 0.606. The molecular formula is C6H11BrO. The monoisotopic (exact) mass is 178 g/mol. The lowest BCUT2D eigenvalue weighted by atomic mass is 9.82. The van der Waals surface area contributed by atoms with Crippen LogP contribution in [0.25, 0.3) is 0 Å². The van der Waals surface area contributed by atoms with Gasteiger partial charge in [0.15, 0.2) is 0 Å². The Morgan fingerprint density at radius 3 is 2.38 bits per heavy atom. The van der Waals surface area contributed by atoms with E-state index in [0.29, 0.717) is 5.92 Å². The fraction of sp³-hybridized carbons (Fsp3) is 1.00. The van der Waals surface area contributed by atoms with Crippen LogP contribution in [0.1, 0.15) is 19.3 Å². The third-order valence-corrected chi connectivity index (χ3v) is 2.52. The second-order valence-corrected chi connectivity index (χ2v) is 3.06. The molecule has 0 aliphatic heterocycles. The molecular weight excluding hydrogens is 168 g/mol. The van der Waals surface area contributed by atoms with Gasteiger partial charge in [0.2, 0.25) is 0 Å². The lowest BCUT2D eigenvalue weighted by molar-refractivity contribution is 0.0827. The van der Waals surface area contributed by atoms with Crippen molar-refractivity contribution in [1.82, 2.24) is 0 Å². The molecule has 0 spiro atoms. The molecule has 0 saturated heterocycles. The van der Waals surface area contributed by atoms with Crippen molar-refractivity contribution in [3.05, 3.63) is 0 Å². The summed E-state index contributed by atoms with van der Waals surface area (Å²) in [5, 5.41) is 9.88. The lowest BCUT2D eigenvalue weighted by Gasteiger charge is -2.28. The van der Waals surface area contributed by atoms with Gasteiger partial charge < -0.3 is 5.11 Å². The summed E-state index contributed by atoms with van der Waals surface area (Å²) in [6, 6.07) is 0.